The number of carbonyl (C=O) groups is 1. The number of fused-ring (bicyclic) bond motifs is 1. The zero-order valence-corrected chi connectivity index (χ0v) is 12.0. The molecule has 0 saturated heterocycles. The highest BCUT2D eigenvalue weighted by Gasteiger charge is 2.12. The highest BCUT2D eigenvalue weighted by atomic mass is 16.5. The summed E-state index contributed by atoms with van der Waals surface area (Å²) in [6, 6.07) is 18.6. The van der Waals surface area contributed by atoms with Gasteiger partial charge in [-0.25, -0.2) is 4.79 Å². The molecule has 3 rings (SSSR count). The summed E-state index contributed by atoms with van der Waals surface area (Å²) in [5.74, 6) is -0.204. The number of methoxy groups -OCH3 is 1. The van der Waals surface area contributed by atoms with Gasteiger partial charge in [0.2, 0.25) is 0 Å². The van der Waals surface area contributed by atoms with Crippen molar-refractivity contribution in [1.82, 2.24) is 0 Å². The summed E-state index contributed by atoms with van der Waals surface area (Å²) in [5, 5.41) is 14.5. The highest BCUT2D eigenvalue weighted by Crippen LogP contribution is 2.27. The number of hydrogen-bond acceptors (Lipinski definition) is 3. The molecule has 0 radical (unpaired) electrons. The van der Waals surface area contributed by atoms with Gasteiger partial charge in [-0.3, -0.25) is 0 Å². The summed E-state index contributed by atoms with van der Waals surface area (Å²) in [6.45, 7) is 0. The molecule has 0 bridgehead atoms. The van der Waals surface area contributed by atoms with Crippen molar-refractivity contribution in [3.63, 3.8) is 0 Å². The maximum absolute atomic E-state index is 11.5. The third-order valence-corrected chi connectivity index (χ3v) is 3.49. The predicted molar refractivity (Wildman–Crippen MR) is 87.2 cm³/mol. The number of carboxylic acids is 1. The molecule has 3 aromatic carbocycles. The molecular formula is C18H15NO3. The number of ether oxygens (including phenoxy) is 1. The molecule has 0 heterocycles. The van der Waals surface area contributed by atoms with Gasteiger partial charge in [0, 0.05) is 5.69 Å². The second kappa shape index (κ2) is 5.77. The van der Waals surface area contributed by atoms with Crippen LogP contribution in [0.4, 0.5) is 11.4 Å². The Morgan fingerprint density at radius 2 is 1.64 bits per heavy atom. The van der Waals surface area contributed by atoms with Crippen LogP contribution in [0.2, 0.25) is 0 Å². The molecule has 4 heteroatoms. The minimum absolute atomic E-state index is 0.245. The Bertz CT molecular complexity index is 825. The molecule has 0 aromatic heterocycles. The van der Waals surface area contributed by atoms with Crippen molar-refractivity contribution in [2.24, 2.45) is 0 Å². The van der Waals surface area contributed by atoms with E-state index in [9.17, 15) is 9.90 Å². The van der Waals surface area contributed by atoms with Crippen molar-refractivity contribution < 1.29 is 14.6 Å². The average Bonchev–Trinajstić information content (AvgIpc) is 2.54. The fourth-order valence-electron chi connectivity index (χ4n) is 2.35. The molecule has 0 fully saturated rings. The zero-order chi connectivity index (χ0) is 15.5. The van der Waals surface area contributed by atoms with E-state index in [1.165, 1.54) is 0 Å². The molecule has 4 nitrogen and oxygen atoms in total. The quantitative estimate of drug-likeness (QED) is 0.753. The first-order valence-electron chi connectivity index (χ1n) is 6.84. The van der Waals surface area contributed by atoms with Crippen LogP contribution in [0.1, 0.15) is 10.4 Å². The lowest BCUT2D eigenvalue weighted by molar-refractivity contribution is 0.0698. The first-order valence-corrected chi connectivity index (χ1v) is 6.84. The number of anilines is 2. The molecule has 0 unspecified atom stereocenters. The van der Waals surface area contributed by atoms with E-state index < -0.39 is 5.97 Å². The smallest absolute Gasteiger partial charge is 0.337 e. The van der Waals surface area contributed by atoms with E-state index in [0.29, 0.717) is 5.69 Å². The topological polar surface area (TPSA) is 58.6 Å². The molecule has 0 atom stereocenters. The van der Waals surface area contributed by atoms with Gasteiger partial charge in [0.25, 0.3) is 0 Å². The summed E-state index contributed by atoms with van der Waals surface area (Å²) in [4.78, 5) is 11.5. The Morgan fingerprint density at radius 1 is 1.00 bits per heavy atom. The number of benzene rings is 3. The Kier molecular flexibility index (Phi) is 3.66. The molecule has 0 spiro atoms. The minimum atomic E-state index is -0.957. The molecule has 22 heavy (non-hydrogen) atoms. The maximum Gasteiger partial charge on any atom is 0.337 e. The number of carboxylic acid groups (broad SMARTS) is 1. The fraction of sp³-hybridized carbons (Fsp3) is 0.0556. The van der Waals surface area contributed by atoms with Crippen LogP contribution in [-0.4, -0.2) is 18.2 Å². The summed E-state index contributed by atoms with van der Waals surface area (Å²) in [5.41, 5.74) is 1.62. The van der Waals surface area contributed by atoms with E-state index in [-0.39, 0.29) is 5.56 Å². The van der Waals surface area contributed by atoms with Gasteiger partial charge >= 0.3 is 5.97 Å². The lowest BCUT2D eigenvalue weighted by atomic mass is 10.0. The Morgan fingerprint density at radius 3 is 2.23 bits per heavy atom. The van der Waals surface area contributed by atoms with Crippen molar-refractivity contribution in [2.45, 2.75) is 0 Å². The molecule has 2 N–H and O–H groups in total. The molecule has 0 aliphatic carbocycles. The summed E-state index contributed by atoms with van der Waals surface area (Å²) in [6.07, 6.45) is 0. The van der Waals surface area contributed by atoms with Crippen molar-refractivity contribution in [3.05, 3.63) is 66.2 Å². The zero-order valence-electron chi connectivity index (χ0n) is 12.0. The van der Waals surface area contributed by atoms with Crippen LogP contribution >= 0.6 is 0 Å². The van der Waals surface area contributed by atoms with Gasteiger partial charge in [-0.05, 0) is 47.2 Å². The standard InChI is InChI=1S/C18H15NO3/c1-22-15-8-6-14(7-9-15)19-17-11-13-5-3-2-4-12(13)10-16(17)18(20)21/h2-11,19H,1H3,(H,20,21). The molecule has 0 saturated carbocycles. The van der Waals surface area contributed by atoms with Crippen molar-refractivity contribution >= 4 is 28.1 Å². The van der Waals surface area contributed by atoms with Gasteiger partial charge in [-0.15, -0.1) is 0 Å². The Balaban J connectivity index is 2.03. The predicted octanol–water partition coefficient (Wildman–Crippen LogP) is 4.29. The van der Waals surface area contributed by atoms with Gasteiger partial charge in [0.1, 0.15) is 5.75 Å². The van der Waals surface area contributed by atoms with Gasteiger partial charge in [-0.1, -0.05) is 24.3 Å². The van der Waals surface area contributed by atoms with Gasteiger partial charge in [0.05, 0.1) is 18.4 Å². The van der Waals surface area contributed by atoms with Crippen LogP contribution < -0.4 is 10.1 Å². The van der Waals surface area contributed by atoms with Crippen LogP contribution in [0.15, 0.2) is 60.7 Å². The largest absolute Gasteiger partial charge is 0.497 e. The first kappa shape index (κ1) is 13.9. The lowest BCUT2D eigenvalue weighted by Gasteiger charge is -2.12. The molecule has 0 amide bonds. The van der Waals surface area contributed by atoms with E-state index in [4.69, 9.17) is 4.74 Å². The van der Waals surface area contributed by atoms with E-state index in [1.807, 2.05) is 54.6 Å². The van der Waals surface area contributed by atoms with E-state index in [1.54, 1.807) is 13.2 Å². The third kappa shape index (κ3) is 2.72. The van der Waals surface area contributed by atoms with Crippen LogP contribution in [0.3, 0.4) is 0 Å². The van der Waals surface area contributed by atoms with Crippen molar-refractivity contribution in [2.75, 3.05) is 12.4 Å². The van der Waals surface area contributed by atoms with Crippen LogP contribution in [0.5, 0.6) is 5.75 Å². The number of rotatable bonds is 4. The van der Waals surface area contributed by atoms with E-state index in [2.05, 4.69) is 5.32 Å². The summed E-state index contributed by atoms with van der Waals surface area (Å²) in [7, 11) is 1.61. The molecule has 0 aliphatic heterocycles. The fourth-order valence-corrected chi connectivity index (χ4v) is 2.35. The van der Waals surface area contributed by atoms with Gasteiger partial charge in [-0.2, -0.15) is 0 Å². The second-order valence-corrected chi connectivity index (χ2v) is 4.90. The molecule has 110 valence electrons. The lowest BCUT2D eigenvalue weighted by Crippen LogP contribution is -2.03. The van der Waals surface area contributed by atoms with Crippen LogP contribution in [0, 0.1) is 0 Å². The van der Waals surface area contributed by atoms with E-state index in [0.717, 1.165) is 22.2 Å². The number of hydrogen-bond donors (Lipinski definition) is 2. The Hall–Kier alpha value is -3.01. The molecule has 0 aliphatic rings. The number of nitrogens with one attached hydrogen (secondary N) is 1. The van der Waals surface area contributed by atoms with Crippen LogP contribution in [-0.2, 0) is 0 Å². The summed E-state index contributed by atoms with van der Waals surface area (Å²) < 4.78 is 5.12. The highest BCUT2D eigenvalue weighted by molar-refractivity contribution is 6.01. The minimum Gasteiger partial charge on any atom is -0.497 e. The average molecular weight is 293 g/mol. The Labute approximate surface area is 128 Å². The molecular weight excluding hydrogens is 278 g/mol. The SMILES string of the molecule is COc1ccc(Nc2cc3ccccc3cc2C(=O)O)cc1. The molecule has 3 aromatic rings. The van der Waals surface area contributed by atoms with Gasteiger partial charge < -0.3 is 15.2 Å². The third-order valence-electron chi connectivity index (χ3n) is 3.49. The monoisotopic (exact) mass is 293 g/mol. The first-order chi connectivity index (χ1) is 10.7. The summed E-state index contributed by atoms with van der Waals surface area (Å²) >= 11 is 0. The maximum atomic E-state index is 11.5. The van der Waals surface area contributed by atoms with Gasteiger partial charge in [0.15, 0.2) is 0 Å². The number of aromatic carboxylic acids is 1. The second-order valence-electron chi connectivity index (χ2n) is 4.90. The van der Waals surface area contributed by atoms with Crippen molar-refractivity contribution in [1.29, 1.82) is 0 Å². The van der Waals surface area contributed by atoms with Crippen molar-refractivity contribution in [3.8, 4) is 5.75 Å². The van der Waals surface area contributed by atoms with E-state index >= 15 is 0 Å². The normalized spacial score (nSPS) is 10.4. The van der Waals surface area contributed by atoms with Crippen LogP contribution in [0.25, 0.3) is 10.8 Å².